The van der Waals surface area contributed by atoms with E-state index in [4.69, 9.17) is 14.2 Å². The molecule has 0 aromatic heterocycles. The molecule has 7 heteroatoms. The van der Waals surface area contributed by atoms with Crippen LogP contribution < -0.4 is 0 Å². The first-order chi connectivity index (χ1) is 7.95. The van der Waals surface area contributed by atoms with Gasteiger partial charge >= 0.3 is 11.9 Å². The van der Waals surface area contributed by atoms with Gasteiger partial charge in [-0.2, -0.15) is 0 Å². The van der Waals surface area contributed by atoms with Crippen LogP contribution in [0.15, 0.2) is 0 Å². The summed E-state index contributed by atoms with van der Waals surface area (Å²) in [6.07, 6.45) is 0. The van der Waals surface area contributed by atoms with E-state index in [0.29, 0.717) is 13.2 Å². The highest BCUT2D eigenvalue weighted by atomic mass is 127. The number of hydrogen-bond donors (Lipinski definition) is 0. The Kier molecular flexibility index (Phi) is 10.5. The van der Waals surface area contributed by atoms with Crippen LogP contribution in [0.5, 0.6) is 0 Å². The fraction of sp³-hybridized carbons (Fsp3) is 0.800. The summed E-state index contributed by atoms with van der Waals surface area (Å²) in [7, 11) is 0. The Morgan fingerprint density at radius 1 is 0.882 bits per heavy atom. The summed E-state index contributed by atoms with van der Waals surface area (Å²) in [6, 6.07) is 0. The highest BCUT2D eigenvalue weighted by molar-refractivity contribution is 14.1. The second-order valence-electron chi connectivity index (χ2n) is 3.18. The molecule has 0 fully saturated rings. The quantitative estimate of drug-likeness (QED) is 0.234. The summed E-state index contributed by atoms with van der Waals surface area (Å²) in [6.45, 7) is 4.59. The molecule has 0 aliphatic carbocycles. The van der Waals surface area contributed by atoms with Gasteiger partial charge in [-0.1, -0.05) is 45.2 Å². The molecule has 0 aromatic rings. The van der Waals surface area contributed by atoms with E-state index in [1.807, 2.05) is 45.2 Å². The molecular formula is C10H16I2O5. The molecular weight excluding hydrogens is 454 g/mol. The highest BCUT2D eigenvalue weighted by Crippen LogP contribution is 2.01. The average Bonchev–Trinajstić information content (AvgIpc) is 2.26. The van der Waals surface area contributed by atoms with E-state index in [0.717, 1.165) is 0 Å². The maximum Gasteiger partial charge on any atom is 0.318 e. The summed E-state index contributed by atoms with van der Waals surface area (Å²) in [4.78, 5) is 22.1. The summed E-state index contributed by atoms with van der Waals surface area (Å²) in [5, 5.41) is 0. The fourth-order valence-corrected chi connectivity index (χ4v) is 1.09. The second-order valence-corrected chi connectivity index (χ2v) is 6.92. The third-order valence-corrected chi connectivity index (χ3v) is 2.61. The minimum Gasteiger partial charge on any atom is -0.462 e. The first-order valence-corrected chi connectivity index (χ1v) is 7.63. The molecule has 0 radical (unpaired) electrons. The summed E-state index contributed by atoms with van der Waals surface area (Å²) >= 11 is 3.97. The van der Waals surface area contributed by atoms with Crippen molar-refractivity contribution in [2.75, 3.05) is 26.4 Å². The molecule has 0 bridgehead atoms. The maximum atomic E-state index is 11.0. The van der Waals surface area contributed by atoms with E-state index >= 15 is 0 Å². The first kappa shape index (κ1) is 17.4. The normalized spacial score (nSPS) is 13.9. The number of rotatable bonds is 8. The molecule has 0 aliphatic heterocycles. The van der Waals surface area contributed by atoms with E-state index < -0.39 is 0 Å². The van der Waals surface area contributed by atoms with Gasteiger partial charge in [0, 0.05) is 0 Å². The number of alkyl halides is 2. The number of ether oxygens (including phenoxy) is 3. The molecule has 0 heterocycles. The van der Waals surface area contributed by atoms with Crippen LogP contribution in [-0.4, -0.2) is 46.2 Å². The minimum absolute atomic E-state index is 0.154. The van der Waals surface area contributed by atoms with Gasteiger partial charge < -0.3 is 14.2 Å². The van der Waals surface area contributed by atoms with Gasteiger partial charge in [0.05, 0.1) is 13.2 Å². The molecule has 17 heavy (non-hydrogen) atoms. The molecule has 5 nitrogen and oxygen atoms in total. The highest BCUT2D eigenvalue weighted by Gasteiger charge is 2.10. The Hall–Kier alpha value is 0.360. The number of halogens is 2. The van der Waals surface area contributed by atoms with Gasteiger partial charge in [-0.25, -0.2) is 0 Å². The van der Waals surface area contributed by atoms with Gasteiger partial charge in [0.2, 0.25) is 0 Å². The van der Waals surface area contributed by atoms with Crippen LogP contribution >= 0.6 is 45.2 Å². The van der Waals surface area contributed by atoms with Crippen molar-refractivity contribution in [1.29, 1.82) is 0 Å². The van der Waals surface area contributed by atoms with Gasteiger partial charge in [-0.05, 0) is 13.8 Å². The van der Waals surface area contributed by atoms with Crippen molar-refractivity contribution in [3.8, 4) is 0 Å². The molecule has 0 saturated heterocycles. The summed E-state index contributed by atoms with van der Waals surface area (Å²) < 4.78 is 14.6. The Balaban J connectivity index is 3.30. The topological polar surface area (TPSA) is 61.8 Å². The molecule has 2 atom stereocenters. The second kappa shape index (κ2) is 10.3. The largest absolute Gasteiger partial charge is 0.462 e. The zero-order chi connectivity index (χ0) is 13.3. The van der Waals surface area contributed by atoms with Gasteiger partial charge in [-0.3, -0.25) is 9.59 Å². The number of carbonyl (C=O) groups is 2. The molecule has 0 spiro atoms. The Bertz CT molecular complexity index is 219. The van der Waals surface area contributed by atoms with Crippen LogP contribution in [0.4, 0.5) is 0 Å². The lowest BCUT2D eigenvalue weighted by Crippen LogP contribution is -2.19. The third kappa shape index (κ3) is 10.0. The van der Waals surface area contributed by atoms with Crippen LogP contribution in [0.1, 0.15) is 13.8 Å². The third-order valence-electron chi connectivity index (χ3n) is 1.59. The first-order valence-electron chi connectivity index (χ1n) is 5.14. The lowest BCUT2D eigenvalue weighted by molar-refractivity contribution is -0.145. The smallest absolute Gasteiger partial charge is 0.318 e. The van der Waals surface area contributed by atoms with Gasteiger partial charge in [0.25, 0.3) is 0 Å². The van der Waals surface area contributed by atoms with Gasteiger partial charge in [0.1, 0.15) is 21.1 Å². The number of hydrogen-bond acceptors (Lipinski definition) is 5. The molecule has 0 aliphatic rings. The SMILES string of the molecule is CC(I)C(=O)OCCOCCOC(=O)C(C)I. The van der Waals surface area contributed by atoms with Crippen molar-refractivity contribution in [3.63, 3.8) is 0 Å². The lowest BCUT2D eigenvalue weighted by Gasteiger charge is -2.08. The van der Waals surface area contributed by atoms with E-state index in [2.05, 4.69) is 0 Å². The Labute approximate surface area is 128 Å². The number of carbonyl (C=O) groups excluding carboxylic acids is 2. The molecule has 0 amide bonds. The average molecular weight is 470 g/mol. The van der Waals surface area contributed by atoms with Crippen LogP contribution in [-0.2, 0) is 23.8 Å². The molecule has 2 unspecified atom stereocenters. The van der Waals surface area contributed by atoms with Crippen molar-refractivity contribution >= 4 is 57.1 Å². The summed E-state index contributed by atoms with van der Waals surface area (Å²) in [5.41, 5.74) is 0. The monoisotopic (exact) mass is 470 g/mol. The van der Waals surface area contributed by atoms with Crippen molar-refractivity contribution in [1.82, 2.24) is 0 Å². The van der Waals surface area contributed by atoms with Crippen molar-refractivity contribution < 1.29 is 23.8 Å². The predicted octanol–water partition coefficient (Wildman–Crippen LogP) is 1.74. The van der Waals surface area contributed by atoms with E-state index in [9.17, 15) is 9.59 Å². The van der Waals surface area contributed by atoms with Crippen molar-refractivity contribution in [3.05, 3.63) is 0 Å². The molecule has 100 valence electrons. The Morgan fingerprint density at radius 2 is 1.24 bits per heavy atom. The van der Waals surface area contributed by atoms with Crippen LogP contribution in [0.25, 0.3) is 0 Å². The predicted molar refractivity (Wildman–Crippen MR) is 79.7 cm³/mol. The van der Waals surface area contributed by atoms with Crippen LogP contribution in [0.2, 0.25) is 0 Å². The van der Waals surface area contributed by atoms with Crippen molar-refractivity contribution in [2.24, 2.45) is 0 Å². The van der Waals surface area contributed by atoms with E-state index in [1.165, 1.54) is 0 Å². The molecule has 0 saturated carbocycles. The zero-order valence-electron chi connectivity index (χ0n) is 9.78. The zero-order valence-corrected chi connectivity index (χ0v) is 14.1. The Morgan fingerprint density at radius 3 is 1.53 bits per heavy atom. The van der Waals surface area contributed by atoms with E-state index in [-0.39, 0.29) is 33.0 Å². The summed E-state index contributed by atoms with van der Waals surface area (Å²) in [5.74, 6) is -0.501. The fourth-order valence-electron chi connectivity index (χ4n) is 0.734. The van der Waals surface area contributed by atoms with Crippen molar-refractivity contribution in [2.45, 2.75) is 21.7 Å². The molecule has 0 rings (SSSR count). The molecule has 0 aromatic carbocycles. The van der Waals surface area contributed by atoms with E-state index in [1.54, 1.807) is 13.8 Å². The lowest BCUT2D eigenvalue weighted by atomic mass is 10.5. The minimum atomic E-state index is -0.251. The van der Waals surface area contributed by atoms with Gasteiger partial charge in [-0.15, -0.1) is 0 Å². The molecule has 0 N–H and O–H groups in total. The van der Waals surface area contributed by atoms with Gasteiger partial charge in [0.15, 0.2) is 0 Å². The van der Waals surface area contributed by atoms with Crippen LogP contribution in [0.3, 0.4) is 0 Å². The standard InChI is InChI=1S/C10H16I2O5/c1-7(11)9(13)16-5-3-15-4-6-17-10(14)8(2)12/h7-8H,3-6H2,1-2H3. The maximum absolute atomic E-state index is 11.0. The number of esters is 2. The van der Waals surface area contributed by atoms with Crippen LogP contribution in [0, 0.1) is 0 Å².